The molecule has 0 N–H and O–H groups in total. The molecule has 0 unspecified atom stereocenters. The fourth-order valence-electron chi connectivity index (χ4n) is 3.20. The third kappa shape index (κ3) is 4.38. The van der Waals surface area contributed by atoms with Gasteiger partial charge in [-0.1, -0.05) is 25.9 Å². The van der Waals surface area contributed by atoms with Crippen LogP contribution in [0.25, 0.3) is 0 Å². The van der Waals surface area contributed by atoms with E-state index in [0.29, 0.717) is 37.8 Å². The molecule has 0 radical (unpaired) electrons. The van der Waals surface area contributed by atoms with Crippen LogP contribution in [0.1, 0.15) is 38.9 Å². The number of sulfone groups is 1. The first-order chi connectivity index (χ1) is 11.6. The fourth-order valence-corrected chi connectivity index (χ4v) is 4.93. The summed E-state index contributed by atoms with van der Waals surface area (Å²) >= 11 is 0. The van der Waals surface area contributed by atoms with E-state index in [0.717, 1.165) is 13.1 Å². The molecule has 1 atom stereocenters. The average molecular weight is 370 g/mol. The molecule has 8 nitrogen and oxygen atoms in total. The van der Waals surface area contributed by atoms with Crippen LogP contribution in [-0.2, 0) is 26.6 Å². The van der Waals surface area contributed by atoms with Crippen LogP contribution < -0.4 is 0 Å². The molecule has 0 aliphatic carbocycles. The van der Waals surface area contributed by atoms with Crippen molar-refractivity contribution in [3.63, 3.8) is 0 Å². The molecular weight excluding hydrogens is 344 g/mol. The van der Waals surface area contributed by atoms with Gasteiger partial charge in [-0.3, -0.25) is 9.69 Å². The Hall–Kier alpha value is -1.48. The van der Waals surface area contributed by atoms with Crippen LogP contribution >= 0.6 is 0 Å². The van der Waals surface area contributed by atoms with Gasteiger partial charge in [0, 0.05) is 31.6 Å². The van der Waals surface area contributed by atoms with Crippen LogP contribution in [0.2, 0.25) is 0 Å². The molecule has 0 aromatic carbocycles. The largest absolute Gasteiger partial charge is 0.340 e. The summed E-state index contributed by atoms with van der Waals surface area (Å²) < 4.78 is 28.4. The molecular formula is C16H26N4O4S. The van der Waals surface area contributed by atoms with Gasteiger partial charge in [0.05, 0.1) is 24.0 Å². The van der Waals surface area contributed by atoms with E-state index in [-0.39, 0.29) is 28.7 Å². The third-order valence-electron chi connectivity index (χ3n) is 4.74. The highest BCUT2D eigenvalue weighted by atomic mass is 32.2. The van der Waals surface area contributed by atoms with Crippen LogP contribution in [0.5, 0.6) is 0 Å². The molecule has 0 saturated carbocycles. The maximum atomic E-state index is 12.5. The van der Waals surface area contributed by atoms with Crippen LogP contribution in [-0.4, -0.2) is 72.0 Å². The van der Waals surface area contributed by atoms with E-state index < -0.39 is 9.84 Å². The fraction of sp³-hybridized carbons (Fsp3) is 0.812. The van der Waals surface area contributed by atoms with Gasteiger partial charge in [-0.25, -0.2) is 8.42 Å². The monoisotopic (exact) mass is 370 g/mol. The van der Waals surface area contributed by atoms with Crippen LogP contribution in [0, 0.1) is 5.92 Å². The summed E-state index contributed by atoms with van der Waals surface area (Å²) in [4.78, 5) is 20.9. The van der Waals surface area contributed by atoms with Crippen molar-refractivity contribution in [3.05, 3.63) is 11.7 Å². The third-order valence-corrected chi connectivity index (χ3v) is 6.51. The first-order valence-electron chi connectivity index (χ1n) is 8.69. The molecule has 2 aliphatic heterocycles. The van der Waals surface area contributed by atoms with Gasteiger partial charge in [0.1, 0.15) is 0 Å². The molecule has 25 heavy (non-hydrogen) atoms. The van der Waals surface area contributed by atoms with E-state index in [1.165, 1.54) is 0 Å². The minimum Gasteiger partial charge on any atom is -0.340 e. The van der Waals surface area contributed by atoms with Gasteiger partial charge in [0.2, 0.25) is 11.8 Å². The minimum atomic E-state index is -3.03. The topological polar surface area (TPSA) is 96.6 Å². The van der Waals surface area contributed by atoms with Gasteiger partial charge in [0.15, 0.2) is 15.7 Å². The lowest BCUT2D eigenvalue weighted by molar-refractivity contribution is -0.136. The molecule has 0 spiro atoms. The average Bonchev–Trinajstić information content (AvgIpc) is 3.13. The summed E-state index contributed by atoms with van der Waals surface area (Å²) in [6, 6.07) is 0. The normalized spacial score (nSPS) is 24.6. The smallest absolute Gasteiger partial charge is 0.232 e. The molecule has 3 rings (SSSR count). The Morgan fingerprint density at radius 3 is 2.44 bits per heavy atom. The van der Waals surface area contributed by atoms with Crippen molar-refractivity contribution in [3.8, 4) is 0 Å². The molecule has 2 fully saturated rings. The van der Waals surface area contributed by atoms with E-state index >= 15 is 0 Å². The molecule has 9 heteroatoms. The van der Waals surface area contributed by atoms with Gasteiger partial charge in [0.25, 0.3) is 0 Å². The lowest BCUT2D eigenvalue weighted by Gasteiger charge is -2.35. The summed E-state index contributed by atoms with van der Waals surface area (Å²) in [7, 11) is -3.03. The number of nitrogens with zero attached hydrogens (tertiary/aromatic N) is 4. The lowest BCUT2D eigenvalue weighted by Crippen LogP contribution is -2.50. The summed E-state index contributed by atoms with van der Waals surface area (Å²) in [5.41, 5.74) is -0.169. The Balaban J connectivity index is 1.50. The van der Waals surface area contributed by atoms with Gasteiger partial charge < -0.3 is 9.42 Å². The second-order valence-corrected chi connectivity index (χ2v) is 10.2. The van der Waals surface area contributed by atoms with Crippen LogP contribution in [0.4, 0.5) is 0 Å². The Kier molecular flexibility index (Phi) is 4.89. The molecule has 2 saturated heterocycles. The maximum absolute atomic E-state index is 12.5. The first kappa shape index (κ1) is 18.3. The number of hydrogen-bond acceptors (Lipinski definition) is 7. The maximum Gasteiger partial charge on any atom is 0.232 e. The van der Waals surface area contributed by atoms with Crippen molar-refractivity contribution in [2.45, 2.75) is 39.2 Å². The summed E-state index contributed by atoms with van der Waals surface area (Å²) in [5.74, 6) is 1.05. The Morgan fingerprint density at radius 2 is 1.92 bits per heavy atom. The Labute approximate surface area is 148 Å². The molecule has 1 amide bonds. The van der Waals surface area contributed by atoms with Crippen molar-refractivity contribution < 1.29 is 17.7 Å². The number of rotatable bonds is 3. The van der Waals surface area contributed by atoms with E-state index in [1.807, 2.05) is 20.8 Å². The summed E-state index contributed by atoms with van der Waals surface area (Å²) in [5, 5.41) is 4.03. The predicted molar refractivity (Wildman–Crippen MR) is 91.6 cm³/mol. The van der Waals surface area contributed by atoms with E-state index in [2.05, 4.69) is 15.0 Å². The van der Waals surface area contributed by atoms with E-state index in [9.17, 15) is 13.2 Å². The quantitative estimate of drug-likeness (QED) is 0.762. The SMILES string of the molecule is CC(C)(C)c1nc(CN2CCN(C(=O)[C@@H]3CCS(=O)(=O)C3)CC2)no1. The van der Waals surface area contributed by atoms with Crippen molar-refractivity contribution in [2.75, 3.05) is 37.7 Å². The first-order valence-corrected chi connectivity index (χ1v) is 10.5. The molecule has 140 valence electrons. The Bertz CT molecular complexity index is 730. The number of piperazine rings is 1. The lowest BCUT2D eigenvalue weighted by atomic mass is 9.97. The highest BCUT2D eigenvalue weighted by Crippen LogP contribution is 2.22. The zero-order chi connectivity index (χ0) is 18.2. The second-order valence-electron chi connectivity index (χ2n) is 7.97. The Morgan fingerprint density at radius 1 is 1.24 bits per heavy atom. The van der Waals surface area contributed by atoms with Crippen molar-refractivity contribution in [2.24, 2.45) is 5.92 Å². The molecule has 1 aromatic rings. The zero-order valence-corrected chi connectivity index (χ0v) is 15.9. The van der Waals surface area contributed by atoms with Crippen LogP contribution in [0.3, 0.4) is 0 Å². The number of amides is 1. The second kappa shape index (κ2) is 6.68. The van der Waals surface area contributed by atoms with Crippen molar-refractivity contribution in [1.82, 2.24) is 19.9 Å². The molecule has 2 aliphatic rings. The number of hydrogen-bond donors (Lipinski definition) is 0. The van der Waals surface area contributed by atoms with Crippen molar-refractivity contribution in [1.29, 1.82) is 0 Å². The number of aromatic nitrogens is 2. The summed E-state index contributed by atoms with van der Waals surface area (Å²) in [6.45, 7) is 9.35. The van der Waals surface area contributed by atoms with Crippen LogP contribution in [0.15, 0.2) is 4.52 Å². The predicted octanol–water partition coefficient (Wildman–Crippen LogP) is 0.446. The highest BCUT2D eigenvalue weighted by molar-refractivity contribution is 7.91. The summed E-state index contributed by atoms with van der Waals surface area (Å²) in [6.07, 6.45) is 0.458. The minimum absolute atomic E-state index is 0.00445. The van der Waals surface area contributed by atoms with Crippen molar-refractivity contribution >= 4 is 15.7 Å². The highest BCUT2D eigenvalue weighted by Gasteiger charge is 2.36. The molecule has 0 bridgehead atoms. The number of carbonyl (C=O) groups excluding carboxylic acids is 1. The van der Waals surface area contributed by atoms with Gasteiger partial charge >= 0.3 is 0 Å². The number of carbonyl (C=O) groups is 1. The van der Waals surface area contributed by atoms with Gasteiger partial charge in [-0.05, 0) is 6.42 Å². The van der Waals surface area contributed by atoms with E-state index in [4.69, 9.17) is 4.52 Å². The molecule has 3 heterocycles. The van der Waals surface area contributed by atoms with Gasteiger partial charge in [-0.2, -0.15) is 4.98 Å². The standard InChI is InChI=1S/C16H26N4O4S/c1-16(2,3)15-17-13(18-24-15)10-19-5-7-20(8-6-19)14(21)12-4-9-25(22,23)11-12/h12H,4-11H2,1-3H3/t12-/m1/s1. The molecule has 1 aromatic heterocycles. The van der Waals surface area contributed by atoms with E-state index in [1.54, 1.807) is 4.90 Å². The zero-order valence-electron chi connectivity index (χ0n) is 15.1. The van der Waals surface area contributed by atoms with Gasteiger partial charge in [-0.15, -0.1) is 0 Å².